The molecule has 10 rings (SSSR count). The van der Waals surface area contributed by atoms with Crippen molar-refractivity contribution in [2.24, 2.45) is 0 Å². The molecule has 0 spiro atoms. The molecular formula is C48H38N2. The van der Waals surface area contributed by atoms with E-state index in [9.17, 15) is 0 Å². The summed E-state index contributed by atoms with van der Waals surface area (Å²) < 4.78 is 2.51. The van der Waals surface area contributed by atoms with Gasteiger partial charge in [0, 0.05) is 33.8 Å². The molecule has 240 valence electrons. The molecule has 2 heteroatoms. The molecule has 2 unspecified atom stereocenters. The summed E-state index contributed by atoms with van der Waals surface area (Å²) in [7, 11) is 0. The van der Waals surface area contributed by atoms with Gasteiger partial charge in [-0.05, 0) is 107 Å². The zero-order chi connectivity index (χ0) is 33.0. The highest BCUT2D eigenvalue weighted by Gasteiger charge is 2.38. The summed E-state index contributed by atoms with van der Waals surface area (Å²) in [6.07, 6.45) is 23.2. The molecule has 4 aliphatic rings. The molecule has 1 aromatic heterocycles. The Labute approximate surface area is 294 Å². The second kappa shape index (κ2) is 11.9. The molecule has 50 heavy (non-hydrogen) atoms. The summed E-state index contributed by atoms with van der Waals surface area (Å²) in [6, 6.07) is 44.9. The molecule has 3 aliphatic carbocycles. The van der Waals surface area contributed by atoms with E-state index in [0.717, 1.165) is 25.7 Å². The first-order chi connectivity index (χ1) is 24.8. The number of rotatable bonds is 5. The maximum atomic E-state index is 2.52. The molecule has 0 saturated heterocycles. The highest BCUT2D eigenvalue weighted by Crippen LogP contribution is 2.49. The van der Waals surface area contributed by atoms with Gasteiger partial charge >= 0.3 is 0 Å². The fourth-order valence-electron chi connectivity index (χ4n) is 8.70. The van der Waals surface area contributed by atoms with E-state index in [-0.39, 0.29) is 12.0 Å². The summed E-state index contributed by atoms with van der Waals surface area (Å²) in [5, 5.41) is 2.63. The minimum Gasteiger partial charge on any atom is -0.333 e. The third-order valence-electron chi connectivity index (χ3n) is 11.2. The van der Waals surface area contributed by atoms with E-state index in [1.165, 1.54) is 77.9 Å². The fourth-order valence-corrected chi connectivity index (χ4v) is 8.70. The Morgan fingerprint density at radius 3 is 2.18 bits per heavy atom. The normalized spacial score (nSPS) is 19.6. The molecule has 0 fully saturated rings. The van der Waals surface area contributed by atoms with Gasteiger partial charge in [0.15, 0.2) is 0 Å². The number of aromatic nitrogens is 1. The van der Waals surface area contributed by atoms with Gasteiger partial charge in [0.25, 0.3) is 0 Å². The summed E-state index contributed by atoms with van der Waals surface area (Å²) in [4.78, 5) is 2.52. The Balaban J connectivity index is 1.01. The molecule has 1 aliphatic heterocycles. The lowest BCUT2D eigenvalue weighted by molar-refractivity contribution is 0.747. The molecule has 0 amide bonds. The van der Waals surface area contributed by atoms with Crippen LogP contribution in [0, 0.1) is 0 Å². The van der Waals surface area contributed by atoms with Crippen LogP contribution in [0.3, 0.4) is 0 Å². The van der Waals surface area contributed by atoms with E-state index in [0.29, 0.717) is 0 Å². The van der Waals surface area contributed by atoms with Gasteiger partial charge in [0.2, 0.25) is 0 Å². The Kier molecular flexibility index (Phi) is 6.94. The number of nitrogens with zero attached hydrogens (tertiary/aromatic N) is 2. The van der Waals surface area contributed by atoms with E-state index in [1.807, 2.05) is 0 Å². The summed E-state index contributed by atoms with van der Waals surface area (Å²) in [5.41, 5.74) is 15.9. The van der Waals surface area contributed by atoms with E-state index >= 15 is 0 Å². The molecule has 6 aromatic rings. The van der Waals surface area contributed by atoms with Crippen LogP contribution in [0.4, 0.5) is 11.4 Å². The van der Waals surface area contributed by atoms with Gasteiger partial charge in [-0.25, -0.2) is 0 Å². The van der Waals surface area contributed by atoms with Crippen LogP contribution in [0.5, 0.6) is 0 Å². The van der Waals surface area contributed by atoms with Gasteiger partial charge < -0.3 is 9.47 Å². The number of anilines is 2. The van der Waals surface area contributed by atoms with Gasteiger partial charge in [-0.2, -0.15) is 0 Å². The van der Waals surface area contributed by atoms with E-state index in [1.54, 1.807) is 0 Å². The van der Waals surface area contributed by atoms with Crippen LogP contribution < -0.4 is 4.90 Å². The summed E-state index contributed by atoms with van der Waals surface area (Å²) >= 11 is 0. The Morgan fingerprint density at radius 2 is 1.34 bits per heavy atom. The third-order valence-corrected chi connectivity index (χ3v) is 11.2. The van der Waals surface area contributed by atoms with Crippen LogP contribution in [-0.2, 0) is 0 Å². The van der Waals surface area contributed by atoms with Gasteiger partial charge in [-0.1, -0.05) is 127 Å². The first-order valence-corrected chi connectivity index (χ1v) is 18.0. The molecule has 0 saturated carbocycles. The predicted molar refractivity (Wildman–Crippen MR) is 212 cm³/mol. The molecular weight excluding hydrogens is 605 g/mol. The van der Waals surface area contributed by atoms with E-state index in [2.05, 4.69) is 179 Å². The Hall–Kier alpha value is -5.86. The summed E-state index contributed by atoms with van der Waals surface area (Å²) in [6.45, 7) is 0. The maximum Gasteiger partial charge on any atom is 0.0630 e. The first kappa shape index (κ1) is 29.1. The Bertz CT molecular complexity index is 2480. The van der Waals surface area contributed by atoms with Crippen LogP contribution in [0.15, 0.2) is 181 Å². The van der Waals surface area contributed by atoms with Crippen LogP contribution >= 0.6 is 0 Å². The lowest BCUT2D eigenvalue weighted by atomic mass is 9.86. The van der Waals surface area contributed by atoms with Crippen molar-refractivity contribution in [3.05, 3.63) is 192 Å². The molecule has 0 radical (unpaired) electrons. The van der Waals surface area contributed by atoms with E-state index < -0.39 is 0 Å². The SMILES string of the molecule is C1=CCCC(C2=CC=C(n3c4ccccc4c4cc(C5=CC6c7ccccc7N(c7ccc(-c8ccccc8)cc7)C6C=C5)ccc43)CC2)=C1. The lowest BCUT2D eigenvalue weighted by Crippen LogP contribution is -2.28. The minimum atomic E-state index is 0.237. The zero-order valence-corrected chi connectivity index (χ0v) is 28.0. The minimum absolute atomic E-state index is 0.237. The van der Waals surface area contributed by atoms with Crippen molar-refractivity contribution in [1.82, 2.24) is 4.57 Å². The van der Waals surface area contributed by atoms with Crippen LogP contribution in [0.25, 0.3) is 44.2 Å². The zero-order valence-electron chi connectivity index (χ0n) is 28.0. The first-order valence-electron chi connectivity index (χ1n) is 18.0. The second-order valence-electron chi connectivity index (χ2n) is 13.9. The molecule has 2 nitrogen and oxygen atoms in total. The number of para-hydroxylation sites is 2. The van der Waals surface area contributed by atoms with Crippen LogP contribution in [0.1, 0.15) is 42.7 Å². The molecule has 2 heterocycles. The van der Waals surface area contributed by atoms with Crippen molar-refractivity contribution in [3.8, 4) is 11.1 Å². The number of hydrogen-bond donors (Lipinski definition) is 0. The van der Waals surface area contributed by atoms with Crippen molar-refractivity contribution in [2.45, 2.75) is 37.6 Å². The number of hydrogen-bond acceptors (Lipinski definition) is 1. The van der Waals surface area contributed by atoms with Crippen molar-refractivity contribution < 1.29 is 0 Å². The smallest absolute Gasteiger partial charge is 0.0630 e. The fraction of sp³-hybridized carbons (Fsp3) is 0.125. The standard InChI is InChI=1S/C48H38N2/c1-3-11-33(12-4-1)35-19-25-39(26-20-35)49-45-17-9-7-15-41(45)43-31-37(23-29-47(43)49)38-24-30-48-44(32-38)42-16-8-10-18-46(42)50(48)40-27-21-36(22-28-40)34-13-5-2-6-14-34/h1-5,7-13,15-21,23-27,29-32,43,47H,6,14,22,28H2. The highest BCUT2D eigenvalue weighted by atomic mass is 15.2. The average Bonchev–Trinajstić information content (AvgIpc) is 3.71. The summed E-state index contributed by atoms with van der Waals surface area (Å²) in [5.74, 6) is 0.278. The molecule has 5 aromatic carbocycles. The largest absolute Gasteiger partial charge is 0.333 e. The van der Waals surface area contributed by atoms with Gasteiger partial charge in [0.1, 0.15) is 0 Å². The Morgan fingerprint density at radius 1 is 0.580 bits per heavy atom. The topological polar surface area (TPSA) is 8.17 Å². The molecule has 2 atom stereocenters. The number of allylic oxidation sites excluding steroid dienone is 10. The molecule has 0 bridgehead atoms. The van der Waals surface area contributed by atoms with Gasteiger partial charge in [-0.15, -0.1) is 0 Å². The van der Waals surface area contributed by atoms with Crippen LogP contribution in [0.2, 0.25) is 0 Å². The number of fused-ring (bicyclic) bond motifs is 6. The lowest BCUT2D eigenvalue weighted by Gasteiger charge is -2.30. The van der Waals surface area contributed by atoms with Crippen LogP contribution in [-0.4, -0.2) is 10.6 Å². The van der Waals surface area contributed by atoms with Crippen molar-refractivity contribution >= 4 is 44.5 Å². The van der Waals surface area contributed by atoms with Crippen molar-refractivity contribution in [1.29, 1.82) is 0 Å². The highest BCUT2D eigenvalue weighted by molar-refractivity contribution is 6.11. The van der Waals surface area contributed by atoms with Crippen molar-refractivity contribution in [3.63, 3.8) is 0 Å². The van der Waals surface area contributed by atoms with E-state index in [4.69, 9.17) is 0 Å². The maximum absolute atomic E-state index is 2.52. The quantitative estimate of drug-likeness (QED) is 0.182. The molecule has 0 N–H and O–H groups in total. The third kappa shape index (κ3) is 4.78. The van der Waals surface area contributed by atoms with Gasteiger partial charge in [0.05, 0.1) is 17.1 Å². The number of benzene rings is 5. The van der Waals surface area contributed by atoms with Crippen molar-refractivity contribution in [2.75, 3.05) is 4.90 Å². The van der Waals surface area contributed by atoms with Gasteiger partial charge in [-0.3, -0.25) is 0 Å². The predicted octanol–water partition coefficient (Wildman–Crippen LogP) is 12.6. The average molecular weight is 643 g/mol. The second-order valence-corrected chi connectivity index (χ2v) is 13.9. The monoisotopic (exact) mass is 642 g/mol.